The first-order chi connectivity index (χ1) is 12.7. The lowest BCUT2D eigenvalue weighted by Gasteiger charge is -2.15. The topological polar surface area (TPSA) is 99.7 Å². The number of hydrogen-bond acceptors (Lipinski definition) is 6. The molecule has 2 aromatic rings. The lowest BCUT2D eigenvalue weighted by Crippen LogP contribution is -2.27. The average molecular weight is 419 g/mol. The highest BCUT2D eigenvalue weighted by Gasteiger charge is 2.35. The van der Waals surface area contributed by atoms with E-state index in [4.69, 9.17) is 34.3 Å². The van der Waals surface area contributed by atoms with Crippen LogP contribution in [0.25, 0.3) is 11.4 Å². The minimum atomic E-state index is -4.63. The van der Waals surface area contributed by atoms with Crippen LogP contribution in [0, 0.1) is 5.41 Å². The molecule has 27 heavy (non-hydrogen) atoms. The summed E-state index contributed by atoms with van der Waals surface area (Å²) in [5.41, 5.74) is 4.89. The quantitative estimate of drug-likeness (QED) is 0.403. The molecule has 1 heterocycles. The molecule has 0 saturated carbocycles. The van der Waals surface area contributed by atoms with Gasteiger partial charge in [-0.25, -0.2) is 9.97 Å². The van der Waals surface area contributed by atoms with Gasteiger partial charge in [0, 0.05) is 36.1 Å². The molecule has 6 nitrogen and oxygen atoms in total. The highest BCUT2D eigenvalue weighted by molar-refractivity contribution is 6.36. The summed E-state index contributed by atoms with van der Waals surface area (Å²) in [5.74, 6) is -0.127. The van der Waals surface area contributed by atoms with Gasteiger partial charge in [0.1, 0.15) is 11.4 Å². The van der Waals surface area contributed by atoms with Crippen LogP contribution in [0.3, 0.4) is 0 Å². The zero-order chi connectivity index (χ0) is 20.0. The van der Waals surface area contributed by atoms with Crippen molar-refractivity contribution in [3.63, 3.8) is 0 Å². The van der Waals surface area contributed by atoms with Crippen LogP contribution in [0.2, 0.25) is 10.0 Å². The molecule has 0 bridgehead atoms. The van der Waals surface area contributed by atoms with Crippen molar-refractivity contribution in [2.24, 2.45) is 5.73 Å². The van der Waals surface area contributed by atoms with E-state index < -0.39 is 11.7 Å². The smallest absolute Gasteiger partial charge is 0.385 e. The maximum absolute atomic E-state index is 13.2. The van der Waals surface area contributed by atoms with Gasteiger partial charge in [-0.15, -0.1) is 0 Å². The van der Waals surface area contributed by atoms with Crippen molar-refractivity contribution in [1.82, 2.24) is 15.3 Å². The van der Waals surface area contributed by atoms with Crippen LogP contribution in [0.4, 0.5) is 19.0 Å². The third-order valence-electron chi connectivity index (χ3n) is 3.28. The minimum absolute atomic E-state index is 0.0309. The van der Waals surface area contributed by atoms with Crippen molar-refractivity contribution in [2.45, 2.75) is 6.18 Å². The number of benzene rings is 1. The van der Waals surface area contributed by atoms with E-state index in [0.717, 1.165) is 6.21 Å². The number of nitrogens with one attached hydrogen (secondary N) is 3. The highest BCUT2D eigenvalue weighted by Crippen LogP contribution is 2.35. The molecule has 0 amide bonds. The van der Waals surface area contributed by atoms with E-state index in [1.165, 1.54) is 18.2 Å². The Balaban J connectivity index is 2.26. The Morgan fingerprint density at radius 3 is 2.63 bits per heavy atom. The molecule has 1 aromatic carbocycles. The van der Waals surface area contributed by atoms with Gasteiger partial charge in [-0.05, 0) is 24.3 Å². The molecule has 0 aliphatic carbocycles. The van der Waals surface area contributed by atoms with Crippen molar-refractivity contribution in [3.05, 3.63) is 51.9 Å². The fourth-order valence-electron chi connectivity index (χ4n) is 2.06. The number of nitrogens with two attached hydrogens (primary N) is 1. The fourth-order valence-corrected chi connectivity index (χ4v) is 2.55. The predicted octanol–water partition coefficient (Wildman–Crippen LogP) is 3.92. The lowest BCUT2D eigenvalue weighted by atomic mass is 10.2. The monoisotopic (exact) mass is 418 g/mol. The van der Waals surface area contributed by atoms with Crippen LogP contribution in [-0.4, -0.2) is 29.3 Å². The fraction of sp³-hybridized carbons (Fsp3) is 0.188. The van der Waals surface area contributed by atoms with Crippen LogP contribution < -0.4 is 16.4 Å². The Labute approximate surface area is 163 Å². The second-order valence-corrected chi connectivity index (χ2v) is 6.06. The lowest BCUT2D eigenvalue weighted by molar-refractivity contribution is -0.137. The zero-order valence-electron chi connectivity index (χ0n) is 13.7. The Hall–Kier alpha value is -2.52. The number of anilines is 1. The average Bonchev–Trinajstić information content (AvgIpc) is 2.58. The summed E-state index contributed by atoms with van der Waals surface area (Å²) in [6.07, 6.45) is -1.62. The molecule has 1 aromatic heterocycles. The molecule has 0 fully saturated rings. The van der Waals surface area contributed by atoms with Gasteiger partial charge in [0.05, 0.1) is 10.8 Å². The van der Waals surface area contributed by atoms with Crippen LogP contribution in [-0.2, 0) is 6.18 Å². The van der Waals surface area contributed by atoms with Gasteiger partial charge in [0.2, 0.25) is 0 Å². The van der Waals surface area contributed by atoms with E-state index >= 15 is 0 Å². The Morgan fingerprint density at radius 1 is 1.26 bits per heavy atom. The molecular weight excluding hydrogens is 404 g/mol. The normalized spacial score (nSPS) is 12.0. The summed E-state index contributed by atoms with van der Waals surface area (Å²) in [6.45, 7) is 0.314. The summed E-state index contributed by atoms with van der Waals surface area (Å²) < 4.78 is 39.7. The van der Waals surface area contributed by atoms with Gasteiger partial charge in [0.25, 0.3) is 0 Å². The minimum Gasteiger partial charge on any atom is -0.385 e. The second-order valence-electron chi connectivity index (χ2n) is 5.22. The van der Waals surface area contributed by atoms with Crippen molar-refractivity contribution < 1.29 is 13.2 Å². The van der Waals surface area contributed by atoms with Gasteiger partial charge in [-0.1, -0.05) is 23.2 Å². The van der Waals surface area contributed by atoms with Crippen molar-refractivity contribution in [3.8, 4) is 11.4 Å². The highest BCUT2D eigenvalue weighted by atomic mass is 35.5. The van der Waals surface area contributed by atoms with Crippen LogP contribution in [0.5, 0.6) is 0 Å². The van der Waals surface area contributed by atoms with Gasteiger partial charge in [-0.3, -0.25) is 0 Å². The Bertz CT molecular complexity index is 855. The van der Waals surface area contributed by atoms with E-state index in [-0.39, 0.29) is 35.6 Å². The molecule has 2 rings (SSSR count). The molecule has 144 valence electrons. The summed E-state index contributed by atoms with van der Waals surface area (Å²) >= 11 is 11.9. The Kier molecular flexibility index (Phi) is 6.86. The molecule has 0 radical (unpaired) electrons. The summed E-state index contributed by atoms with van der Waals surface area (Å²) in [6, 6.07) is 4.52. The molecule has 0 aliphatic rings. The molecule has 0 aliphatic heterocycles. The number of nitrogens with zero attached hydrogens (tertiary/aromatic N) is 2. The summed E-state index contributed by atoms with van der Waals surface area (Å²) in [7, 11) is 0. The van der Waals surface area contributed by atoms with Crippen molar-refractivity contribution in [2.75, 3.05) is 18.4 Å². The number of hydrogen-bond donors (Lipinski definition) is 4. The van der Waals surface area contributed by atoms with Gasteiger partial charge in [0.15, 0.2) is 5.82 Å². The molecule has 0 unspecified atom stereocenters. The largest absolute Gasteiger partial charge is 0.421 e. The second kappa shape index (κ2) is 8.92. The van der Waals surface area contributed by atoms with Crippen molar-refractivity contribution in [1.29, 1.82) is 5.41 Å². The van der Waals surface area contributed by atoms with Crippen LogP contribution in [0.1, 0.15) is 5.56 Å². The first kappa shape index (κ1) is 20.8. The summed E-state index contributed by atoms with van der Waals surface area (Å²) in [4.78, 5) is 7.75. The predicted molar refractivity (Wildman–Crippen MR) is 100 cm³/mol. The summed E-state index contributed by atoms with van der Waals surface area (Å²) in [5, 5.41) is 12.8. The molecule has 0 saturated heterocycles. The van der Waals surface area contributed by atoms with Gasteiger partial charge < -0.3 is 21.8 Å². The van der Waals surface area contributed by atoms with E-state index in [1.54, 1.807) is 6.07 Å². The number of halogens is 5. The van der Waals surface area contributed by atoms with E-state index in [2.05, 4.69) is 20.6 Å². The maximum atomic E-state index is 13.2. The van der Waals surface area contributed by atoms with Gasteiger partial charge in [-0.2, -0.15) is 13.2 Å². The number of alkyl halides is 3. The first-order valence-electron chi connectivity index (χ1n) is 7.56. The Morgan fingerprint density at radius 2 is 2.00 bits per heavy atom. The standard InChI is InChI=1S/C16H15Cl2F3N6/c17-9-1-2-10(12(18)7-9)14-26-8-11(16(19,20)21)15(27-14)25-6-5-24-13(23)3-4-22/h1-4,7-8,22,24H,5-6,23H2,(H,25,26,27)/b13-3+,22-4?. The van der Waals surface area contributed by atoms with E-state index in [0.29, 0.717) is 16.8 Å². The first-order valence-corrected chi connectivity index (χ1v) is 8.31. The zero-order valence-corrected chi connectivity index (χ0v) is 15.3. The van der Waals surface area contributed by atoms with E-state index in [9.17, 15) is 13.2 Å². The molecule has 11 heteroatoms. The maximum Gasteiger partial charge on any atom is 0.421 e. The SMILES string of the molecule is N=C/C=C(\N)NCCNc1nc(-c2ccc(Cl)cc2Cl)ncc1C(F)(F)F. The molecule has 0 spiro atoms. The van der Waals surface area contributed by atoms with Crippen molar-refractivity contribution >= 4 is 35.2 Å². The van der Waals surface area contributed by atoms with Gasteiger partial charge >= 0.3 is 6.18 Å². The number of rotatable bonds is 7. The van der Waals surface area contributed by atoms with Crippen LogP contribution >= 0.6 is 23.2 Å². The van der Waals surface area contributed by atoms with E-state index in [1.807, 2.05) is 0 Å². The molecule has 5 N–H and O–H groups in total. The third-order valence-corrected chi connectivity index (χ3v) is 3.82. The third kappa shape index (κ3) is 5.73. The molecular formula is C16H15Cl2F3N6. The van der Waals surface area contributed by atoms with Crippen LogP contribution in [0.15, 0.2) is 36.3 Å². The number of allylic oxidation sites excluding steroid dienone is 1. The molecule has 0 atom stereocenters. The number of aromatic nitrogens is 2.